The topological polar surface area (TPSA) is 143 Å². The van der Waals surface area contributed by atoms with E-state index < -0.39 is 34.1 Å². The number of pyridine rings is 1. The molecule has 0 unspecified atom stereocenters. The zero-order chi connectivity index (χ0) is 20.0. The summed E-state index contributed by atoms with van der Waals surface area (Å²) in [4.78, 5) is 68.5. The van der Waals surface area contributed by atoms with Gasteiger partial charge in [0.05, 0.1) is 33.8 Å². The van der Waals surface area contributed by atoms with Crippen LogP contribution < -0.4 is 22.2 Å². The molecule has 4 rings (SSSR count). The lowest BCUT2D eigenvalue weighted by Crippen LogP contribution is -2.27. The fraction of sp³-hybridized carbons (Fsp3) is 0.118. The van der Waals surface area contributed by atoms with E-state index in [0.29, 0.717) is 10.3 Å². The minimum absolute atomic E-state index is 0.0159. The van der Waals surface area contributed by atoms with Gasteiger partial charge in [0.2, 0.25) is 0 Å². The average molecular weight is 382 g/mol. The summed E-state index contributed by atoms with van der Waals surface area (Å²) in [7, 11) is 0. The largest absolute Gasteiger partial charge is 0.296 e. The quantitative estimate of drug-likeness (QED) is 0.333. The minimum Gasteiger partial charge on any atom is -0.292 e. The van der Waals surface area contributed by atoms with Gasteiger partial charge >= 0.3 is 0 Å². The fourth-order valence-electron chi connectivity index (χ4n) is 3.09. The molecular weight excluding hydrogens is 372 g/mol. The van der Waals surface area contributed by atoms with Gasteiger partial charge in [-0.15, -0.1) is 10.1 Å². The van der Waals surface area contributed by atoms with Crippen molar-refractivity contribution in [1.29, 1.82) is 0 Å². The van der Waals surface area contributed by atoms with E-state index >= 15 is 0 Å². The molecule has 3 aromatic heterocycles. The first-order valence-electron chi connectivity index (χ1n) is 7.96. The van der Waals surface area contributed by atoms with E-state index in [2.05, 4.69) is 9.82 Å². The van der Waals surface area contributed by atoms with Gasteiger partial charge in [-0.25, -0.2) is 4.57 Å². The van der Waals surface area contributed by atoms with Crippen molar-refractivity contribution < 1.29 is 9.92 Å². The molecule has 4 aromatic rings. The number of rotatable bonds is 5. The van der Waals surface area contributed by atoms with Crippen molar-refractivity contribution in [2.24, 2.45) is 0 Å². The highest BCUT2D eigenvalue weighted by atomic mass is 17.0. The zero-order valence-electron chi connectivity index (χ0n) is 14.0. The van der Waals surface area contributed by atoms with E-state index in [1.807, 2.05) is 0 Å². The molecule has 11 nitrogen and oxygen atoms in total. The SMILES string of the molecule is O=c1c2cc3c(=O)n(Cc4ccccn4)c(=O)c3cc2c(=O)n1CO[N+](=O)[O-]. The Morgan fingerprint density at radius 1 is 0.893 bits per heavy atom. The van der Waals surface area contributed by atoms with Crippen molar-refractivity contribution in [3.8, 4) is 0 Å². The van der Waals surface area contributed by atoms with Gasteiger partial charge in [-0.2, -0.15) is 0 Å². The van der Waals surface area contributed by atoms with Gasteiger partial charge in [-0.3, -0.25) is 33.6 Å². The van der Waals surface area contributed by atoms with Crippen LogP contribution in [0.4, 0.5) is 0 Å². The molecule has 1 aromatic carbocycles. The van der Waals surface area contributed by atoms with Gasteiger partial charge in [0.1, 0.15) is 0 Å². The van der Waals surface area contributed by atoms with E-state index in [-0.39, 0.29) is 28.1 Å². The first-order chi connectivity index (χ1) is 13.4. The Balaban J connectivity index is 1.92. The second kappa shape index (κ2) is 6.23. The first kappa shape index (κ1) is 17.3. The van der Waals surface area contributed by atoms with Gasteiger partial charge < -0.3 is 0 Å². The molecular formula is C17H10N4O7. The van der Waals surface area contributed by atoms with Crippen LogP contribution in [0.3, 0.4) is 0 Å². The lowest BCUT2D eigenvalue weighted by atomic mass is 10.1. The molecule has 3 heterocycles. The Bertz CT molecular complexity index is 1360. The molecule has 28 heavy (non-hydrogen) atoms. The normalized spacial score (nSPS) is 11.3. The third-order valence-corrected chi connectivity index (χ3v) is 4.40. The van der Waals surface area contributed by atoms with E-state index in [1.54, 1.807) is 18.2 Å². The van der Waals surface area contributed by atoms with Crippen LogP contribution in [0, 0.1) is 10.1 Å². The monoisotopic (exact) mass is 382 g/mol. The number of benzene rings is 1. The van der Waals surface area contributed by atoms with Crippen LogP contribution in [0.25, 0.3) is 21.5 Å². The standard InChI is InChI=1S/C17H10N4O7/c22-14-10-5-12-13(17(25)20(16(12)24)8-28-21(26)27)6-11(10)15(23)19(14)7-9-3-1-2-4-18-9/h1-6H,7-8H2. The second-order valence-corrected chi connectivity index (χ2v) is 5.98. The van der Waals surface area contributed by atoms with Gasteiger partial charge in [0.25, 0.3) is 27.3 Å². The highest BCUT2D eigenvalue weighted by Crippen LogP contribution is 2.14. The van der Waals surface area contributed by atoms with Crippen LogP contribution >= 0.6 is 0 Å². The Labute approximate surface area is 153 Å². The summed E-state index contributed by atoms with van der Waals surface area (Å²) in [5, 5.41) is 8.92. The first-order valence-corrected chi connectivity index (χ1v) is 7.96. The van der Waals surface area contributed by atoms with E-state index in [9.17, 15) is 29.3 Å². The fourth-order valence-corrected chi connectivity index (χ4v) is 3.09. The lowest BCUT2D eigenvalue weighted by Gasteiger charge is -1.98. The van der Waals surface area contributed by atoms with Gasteiger partial charge in [-0.05, 0) is 24.3 Å². The molecule has 140 valence electrons. The molecule has 0 aliphatic heterocycles. The Morgan fingerprint density at radius 3 is 1.89 bits per heavy atom. The third kappa shape index (κ3) is 2.57. The third-order valence-electron chi connectivity index (χ3n) is 4.40. The molecule has 0 radical (unpaired) electrons. The molecule has 0 atom stereocenters. The number of aromatic nitrogens is 3. The van der Waals surface area contributed by atoms with Crippen molar-refractivity contribution in [2.75, 3.05) is 0 Å². The summed E-state index contributed by atoms with van der Waals surface area (Å²) >= 11 is 0. The van der Waals surface area contributed by atoms with Crippen LogP contribution in [0.1, 0.15) is 5.69 Å². The van der Waals surface area contributed by atoms with Crippen molar-refractivity contribution in [3.05, 3.63) is 93.8 Å². The van der Waals surface area contributed by atoms with Gasteiger partial charge in [0, 0.05) is 6.20 Å². The summed E-state index contributed by atoms with van der Waals surface area (Å²) in [6.45, 7) is -0.930. The van der Waals surface area contributed by atoms with E-state index in [0.717, 1.165) is 16.7 Å². The Morgan fingerprint density at radius 2 is 1.43 bits per heavy atom. The molecule has 0 amide bonds. The van der Waals surface area contributed by atoms with Crippen LogP contribution in [-0.4, -0.2) is 19.2 Å². The summed E-state index contributed by atoms with van der Waals surface area (Å²) in [5.74, 6) is 0. The second-order valence-electron chi connectivity index (χ2n) is 5.98. The number of hydrogen-bond acceptors (Lipinski definition) is 8. The van der Waals surface area contributed by atoms with Crippen LogP contribution in [-0.2, 0) is 18.1 Å². The molecule has 0 fully saturated rings. The minimum atomic E-state index is -1.13. The molecule has 0 spiro atoms. The van der Waals surface area contributed by atoms with Crippen molar-refractivity contribution in [2.45, 2.75) is 13.3 Å². The van der Waals surface area contributed by atoms with Gasteiger partial charge in [0.15, 0.2) is 6.73 Å². The highest BCUT2D eigenvalue weighted by molar-refractivity contribution is 5.97. The van der Waals surface area contributed by atoms with Crippen LogP contribution in [0.5, 0.6) is 0 Å². The van der Waals surface area contributed by atoms with E-state index in [4.69, 9.17) is 0 Å². The summed E-state index contributed by atoms with van der Waals surface area (Å²) in [6, 6.07) is 7.39. The van der Waals surface area contributed by atoms with Crippen LogP contribution in [0.15, 0.2) is 55.7 Å². The lowest BCUT2D eigenvalue weighted by molar-refractivity contribution is -0.767. The number of fused-ring (bicyclic) bond motifs is 2. The molecule has 11 heteroatoms. The molecule has 0 aliphatic rings. The molecule has 0 saturated heterocycles. The highest BCUT2D eigenvalue weighted by Gasteiger charge is 2.20. The predicted molar refractivity (Wildman–Crippen MR) is 96.3 cm³/mol. The van der Waals surface area contributed by atoms with Crippen molar-refractivity contribution in [1.82, 2.24) is 14.1 Å². The zero-order valence-corrected chi connectivity index (χ0v) is 14.0. The van der Waals surface area contributed by atoms with Crippen LogP contribution in [0.2, 0.25) is 0 Å². The van der Waals surface area contributed by atoms with Crippen molar-refractivity contribution >= 4 is 21.5 Å². The number of hydrogen-bond donors (Lipinski definition) is 0. The van der Waals surface area contributed by atoms with Gasteiger partial charge in [-0.1, -0.05) is 6.07 Å². The summed E-state index contributed by atoms with van der Waals surface area (Å²) in [6.07, 6.45) is 1.53. The number of nitrogens with zero attached hydrogens (tertiary/aromatic N) is 4. The Kier molecular flexibility index (Phi) is 3.84. The molecule has 0 aliphatic carbocycles. The molecule has 0 bridgehead atoms. The smallest absolute Gasteiger partial charge is 0.292 e. The molecule has 0 N–H and O–H groups in total. The maximum absolute atomic E-state index is 12.6. The maximum atomic E-state index is 12.6. The molecule has 0 saturated carbocycles. The summed E-state index contributed by atoms with van der Waals surface area (Å²) in [5.41, 5.74) is -2.41. The summed E-state index contributed by atoms with van der Waals surface area (Å²) < 4.78 is 1.51. The van der Waals surface area contributed by atoms with E-state index in [1.165, 1.54) is 6.20 Å². The predicted octanol–water partition coefficient (Wildman–Crippen LogP) is -0.478. The van der Waals surface area contributed by atoms with Crippen molar-refractivity contribution in [3.63, 3.8) is 0 Å². The average Bonchev–Trinajstić information content (AvgIpc) is 3.05. The Hall–Kier alpha value is -4.15. The maximum Gasteiger partial charge on any atom is 0.296 e.